The summed E-state index contributed by atoms with van der Waals surface area (Å²) in [6.07, 6.45) is -2.60. The molecule has 0 radical (unpaired) electrons. The van der Waals surface area contributed by atoms with E-state index < -0.39 is 71.3 Å². The molecule has 2 aliphatic heterocycles. The fraction of sp³-hybridized carbons (Fsp3) is 0.929. The fourth-order valence-corrected chi connectivity index (χ4v) is 4.62. The average Bonchev–Trinajstić information content (AvgIpc) is 2.84. The molecule has 0 aliphatic carbocycles. The van der Waals surface area contributed by atoms with E-state index in [9.17, 15) is 14.7 Å². The highest BCUT2D eigenvalue weighted by Crippen LogP contribution is 2.44. The van der Waals surface area contributed by atoms with Gasteiger partial charge in [0.1, 0.15) is 35.6 Å². The molecule has 12 heteroatoms. The molecule has 2 aliphatic rings. The van der Waals surface area contributed by atoms with Crippen molar-refractivity contribution in [2.75, 3.05) is 34.5 Å². The van der Waals surface area contributed by atoms with Crippen LogP contribution in [0.25, 0.3) is 0 Å². The number of unbranched alkanes of at least 4 members (excludes halogenated alkanes) is 1. The lowest BCUT2D eigenvalue weighted by Gasteiger charge is -2.56. The minimum absolute atomic E-state index is 0.225. The quantitative estimate of drug-likeness (QED) is 0.207. The standard InChI is InChI=1S/C28H50O12/c1-25(2,3)39-22(30)17(23(31)40-26(4,5)6)14-12-13-15-35-19-18(16-29)36-24(32-9)21-20(19)37-27(7,33-10)28(8,34-11)38-21/h17-21,24,29H,12-16H2,1-11H3/t18-,19-,20+,21-,24+,27-,28-/m1/s1. The Balaban J connectivity index is 2.10. The summed E-state index contributed by atoms with van der Waals surface area (Å²) < 4.78 is 52.4. The lowest BCUT2D eigenvalue weighted by molar-refractivity contribution is -0.484. The molecule has 2 heterocycles. The van der Waals surface area contributed by atoms with Gasteiger partial charge in [0.25, 0.3) is 0 Å². The van der Waals surface area contributed by atoms with E-state index in [1.807, 2.05) is 0 Å². The first-order chi connectivity index (χ1) is 18.4. The van der Waals surface area contributed by atoms with E-state index in [0.29, 0.717) is 12.8 Å². The molecular formula is C28H50O12. The smallest absolute Gasteiger partial charge is 0.320 e. The third-order valence-electron chi connectivity index (χ3n) is 6.91. The molecule has 234 valence electrons. The molecule has 2 rings (SSSR count). The molecule has 0 spiro atoms. The van der Waals surface area contributed by atoms with E-state index in [2.05, 4.69) is 0 Å². The Labute approximate surface area is 238 Å². The van der Waals surface area contributed by atoms with Crippen molar-refractivity contribution in [2.24, 2.45) is 5.92 Å². The van der Waals surface area contributed by atoms with Crippen molar-refractivity contribution in [3.63, 3.8) is 0 Å². The zero-order valence-electron chi connectivity index (χ0n) is 25.9. The highest BCUT2D eigenvalue weighted by atomic mass is 16.8. The van der Waals surface area contributed by atoms with Crippen LogP contribution in [0.1, 0.15) is 74.7 Å². The summed E-state index contributed by atoms with van der Waals surface area (Å²) in [7, 11) is 4.44. The first kappa shape index (κ1) is 34.8. The minimum Gasteiger partial charge on any atom is -0.459 e. The normalized spacial score (nSPS) is 33.0. The average molecular weight is 579 g/mol. The Morgan fingerprint density at radius 2 is 1.35 bits per heavy atom. The van der Waals surface area contributed by atoms with Crippen LogP contribution in [0.2, 0.25) is 0 Å². The topological polar surface area (TPSA) is 137 Å². The van der Waals surface area contributed by atoms with Gasteiger partial charge in [-0.15, -0.1) is 0 Å². The van der Waals surface area contributed by atoms with Gasteiger partial charge in [0, 0.05) is 27.9 Å². The van der Waals surface area contributed by atoms with Crippen molar-refractivity contribution in [3.8, 4) is 0 Å². The second-order valence-corrected chi connectivity index (χ2v) is 12.4. The van der Waals surface area contributed by atoms with Crippen molar-refractivity contribution >= 4 is 11.9 Å². The number of hydrogen-bond acceptors (Lipinski definition) is 12. The summed E-state index contributed by atoms with van der Waals surface area (Å²) in [5.74, 6) is -4.88. The van der Waals surface area contributed by atoms with Gasteiger partial charge >= 0.3 is 11.9 Å². The molecule has 2 saturated heterocycles. The van der Waals surface area contributed by atoms with Crippen LogP contribution in [0.3, 0.4) is 0 Å². The lowest BCUT2D eigenvalue weighted by atomic mass is 9.94. The van der Waals surface area contributed by atoms with Gasteiger partial charge < -0.3 is 47.7 Å². The number of aliphatic hydroxyl groups is 1. The number of hydrogen-bond donors (Lipinski definition) is 1. The van der Waals surface area contributed by atoms with Gasteiger partial charge in [0.15, 0.2) is 12.2 Å². The van der Waals surface area contributed by atoms with E-state index in [1.54, 1.807) is 55.4 Å². The van der Waals surface area contributed by atoms with Crippen LogP contribution >= 0.6 is 0 Å². The summed E-state index contributed by atoms with van der Waals surface area (Å²) >= 11 is 0. The van der Waals surface area contributed by atoms with Gasteiger partial charge in [-0.05, 0) is 74.7 Å². The largest absolute Gasteiger partial charge is 0.459 e. The van der Waals surface area contributed by atoms with Crippen LogP contribution < -0.4 is 0 Å². The van der Waals surface area contributed by atoms with Gasteiger partial charge in [0.2, 0.25) is 11.6 Å². The summed E-state index contributed by atoms with van der Waals surface area (Å²) in [4.78, 5) is 25.6. The number of aliphatic hydroxyl groups excluding tert-OH is 1. The SMILES string of the molecule is CO[C@H]1O[C@H](CO)[C@@H](OCCCCC(C(=O)OC(C)(C)C)C(=O)OC(C)(C)C)[C@@H]2O[C@@](C)(OC)[C@](C)(OC)O[C@@H]12. The monoisotopic (exact) mass is 578 g/mol. The Morgan fingerprint density at radius 1 is 0.850 bits per heavy atom. The third-order valence-corrected chi connectivity index (χ3v) is 6.91. The fourth-order valence-electron chi connectivity index (χ4n) is 4.62. The highest BCUT2D eigenvalue weighted by molar-refractivity contribution is 5.95. The van der Waals surface area contributed by atoms with Crippen LogP contribution in [0.15, 0.2) is 0 Å². The number of methoxy groups -OCH3 is 3. The van der Waals surface area contributed by atoms with Crippen molar-refractivity contribution in [1.29, 1.82) is 0 Å². The second kappa shape index (κ2) is 13.7. The Kier molecular flexibility index (Phi) is 12.0. The summed E-state index contributed by atoms with van der Waals surface area (Å²) in [5, 5.41) is 10.1. The molecule has 2 fully saturated rings. The molecular weight excluding hydrogens is 528 g/mol. The van der Waals surface area contributed by atoms with Crippen LogP contribution in [0.4, 0.5) is 0 Å². The van der Waals surface area contributed by atoms with E-state index in [0.717, 1.165) is 0 Å². The Bertz CT molecular complexity index is 808. The summed E-state index contributed by atoms with van der Waals surface area (Å²) in [6, 6.07) is 0. The van der Waals surface area contributed by atoms with E-state index in [-0.39, 0.29) is 19.6 Å². The van der Waals surface area contributed by atoms with Gasteiger partial charge in [-0.3, -0.25) is 9.59 Å². The number of carbonyl (C=O) groups is 2. The lowest BCUT2D eigenvalue weighted by Crippen LogP contribution is -2.73. The molecule has 0 unspecified atom stereocenters. The van der Waals surface area contributed by atoms with Crippen LogP contribution in [-0.4, -0.2) is 105 Å². The summed E-state index contributed by atoms with van der Waals surface area (Å²) in [6.45, 7) is 13.8. The molecule has 40 heavy (non-hydrogen) atoms. The first-order valence-electron chi connectivity index (χ1n) is 13.8. The Hall–Kier alpha value is -1.38. The maximum atomic E-state index is 12.8. The molecule has 0 aromatic carbocycles. The maximum Gasteiger partial charge on any atom is 0.320 e. The van der Waals surface area contributed by atoms with Gasteiger partial charge in [-0.25, -0.2) is 0 Å². The van der Waals surface area contributed by atoms with Crippen LogP contribution in [0, 0.1) is 5.92 Å². The molecule has 12 nitrogen and oxygen atoms in total. The van der Waals surface area contributed by atoms with Crippen molar-refractivity contribution in [3.05, 3.63) is 0 Å². The minimum atomic E-state index is -1.30. The van der Waals surface area contributed by atoms with Crippen molar-refractivity contribution < 1.29 is 57.3 Å². The van der Waals surface area contributed by atoms with Crippen molar-refractivity contribution in [2.45, 2.75) is 128 Å². The predicted octanol–water partition coefficient (Wildman–Crippen LogP) is 2.71. The predicted molar refractivity (Wildman–Crippen MR) is 142 cm³/mol. The summed E-state index contributed by atoms with van der Waals surface area (Å²) in [5.41, 5.74) is -1.48. The Morgan fingerprint density at radius 3 is 1.77 bits per heavy atom. The molecule has 0 saturated carbocycles. The van der Waals surface area contributed by atoms with E-state index in [4.69, 9.17) is 42.6 Å². The van der Waals surface area contributed by atoms with E-state index >= 15 is 0 Å². The zero-order valence-corrected chi connectivity index (χ0v) is 25.9. The van der Waals surface area contributed by atoms with E-state index in [1.165, 1.54) is 21.3 Å². The van der Waals surface area contributed by atoms with Crippen LogP contribution in [-0.2, 0) is 52.2 Å². The molecule has 0 amide bonds. The second-order valence-electron chi connectivity index (χ2n) is 12.4. The molecule has 0 aromatic rings. The first-order valence-corrected chi connectivity index (χ1v) is 13.8. The zero-order chi connectivity index (χ0) is 30.5. The number of carbonyl (C=O) groups excluding carboxylic acids is 2. The number of fused-ring (bicyclic) bond motifs is 1. The van der Waals surface area contributed by atoms with Gasteiger partial charge in [0.05, 0.1) is 6.61 Å². The number of rotatable bonds is 12. The highest BCUT2D eigenvalue weighted by Gasteiger charge is 2.62. The third kappa shape index (κ3) is 8.57. The molecule has 0 bridgehead atoms. The van der Waals surface area contributed by atoms with Gasteiger partial charge in [-0.1, -0.05) is 0 Å². The van der Waals surface area contributed by atoms with Gasteiger partial charge in [-0.2, -0.15) is 0 Å². The van der Waals surface area contributed by atoms with Crippen molar-refractivity contribution in [1.82, 2.24) is 0 Å². The maximum absolute atomic E-state index is 12.8. The van der Waals surface area contributed by atoms with Crippen LogP contribution in [0.5, 0.6) is 0 Å². The molecule has 0 aromatic heterocycles. The molecule has 1 N–H and O–H groups in total. The molecule has 7 atom stereocenters. The number of esters is 2. The number of ether oxygens (including phenoxy) is 9.